The lowest BCUT2D eigenvalue weighted by atomic mass is 10.1. The maximum atomic E-state index is 12.5. The van der Waals surface area contributed by atoms with Gasteiger partial charge in [0.15, 0.2) is 6.61 Å². The molecule has 0 saturated carbocycles. The molecule has 0 aliphatic heterocycles. The number of ether oxygens (including phenoxy) is 1. The van der Waals surface area contributed by atoms with Crippen LogP contribution in [0.2, 0.25) is 0 Å². The molecule has 0 radical (unpaired) electrons. The summed E-state index contributed by atoms with van der Waals surface area (Å²) in [6, 6.07) is 13.9. The van der Waals surface area contributed by atoms with E-state index in [1.807, 2.05) is 44.2 Å². The van der Waals surface area contributed by atoms with Crippen molar-refractivity contribution in [2.45, 2.75) is 50.2 Å². The molecule has 0 bridgehead atoms. The molecule has 0 fully saturated rings. The van der Waals surface area contributed by atoms with Gasteiger partial charge in [-0.3, -0.25) is 4.79 Å². The average molecular weight is 410 g/mol. The molecule has 3 aromatic rings. The van der Waals surface area contributed by atoms with Gasteiger partial charge in [-0.05, 0) is 74.1 Å². The van der Waals surface area contributed by atoms with Crippen molar-refractivity contribution in [2.24, 2.45) is 0 Å². The van der Waals surface area contributed by atoms with Crippen molar-refractivity contribution < 1.29 is 13.9 Å². The first-order chi connectivity index (χ1) is 14.1. The molecule has 1 aromatic heterocycles. The van der Waals surface area contributed by atoms with Crippen LogP contribution in [0.4, 0.5) is 5.69 Å². The van der Waals surface area contributed by atoms with Gasteiger partial charge in [-0.1, -0.05) is 30.0 Å². The van der Waals surface area contributed by atoms with Gasteiger partial charge < -0.3 is 14.5 Å². The molecule has 1 N–H and O–H groups in total. The first kappa shape index (κ1) is 19.5. The number of thioether (sulfide) groups is 1. The average Bonchev–Trinajstić information content (AvgIpc) is 3.35. The second kappa shape index (κ2) is 8.69. The fourth-order valence-corrected chi connectivity index (χ4v) is 3.99. The third-order valence-corrected chi connectivity index (χ3v) is 5.75. The van der Waals surface area contributed by atoms with Crippen LogP contribution in [-0.4, -0.2) is 21.4 Å². The Balaban J connectivity index is 1.30. The van der Waals surface area contributed by atoms with Crippen molar-refractivity contribution in [1.82, 2.24) is 10.2 Å². The number of fused-ring (bicyclic) bond motifs is 1. The van der Waals surface area contributed by atoms with Crippen LogP contribution >= 0.6 is 11.8 Å². The molecule has 1 aliphatic rings. The van der Waals surface area contributed by atoms with Crippen LogP contribution in [0.25, 0.3) is 0 Å². The second-order valence-corrected chi connectivity index (χ2v) is 8.45. The first-order valence-electron chi connectivity index (χ1n) is 9.68. The predicted octanol–water partition coefficient (Wildman–Crippen LogP) is 4.57. The van der Waals surface area contributed by atoms with Gasteiger partial charge in [-0.15, -0.1) is 10.2 Å². The van der Waals surface area contributed by atoms with E-state index in [1.165, 1.54) is 29.3 Å². The molecule has 0 saturated heterocycles. The maximum Gasteiger partial charge on any atom is 0.277 e. The summed E-state index contributed by atoms with van der Waals surface area (Å²) < 4.78 is 11.3. The fraction of sp³-hybridized carbons (Fsp3) is 0.318. The molecule has 150 valence electrons. The van der Waals surface area contributed by atoms with Crippen molar-refractivity contribution in [2.75, 3.05) is 5.32 Å². The van der Waals surface area contributed by atoms with Crippen molar-refractivity contribution >= 4 is 23.4 Å². The van der Waals surface area contributed by atoms with E-state index in [-0.39, 0.29) is 17.8 Å². The highest BCUT2D eigenvalue weighted by Gasteiger charge is 2.19. The summed E-state index contributed by atoms with van der Waals surface area (Å²) in [5, 5.41) is 11.0. The Morgan fingerprint density at radius 2 is 2.07 bits per heavy atom. The fourth-order valence-electron chi connectivity index (χ4n) is 3.29. The molecule has 7 heteroatoms. The van der Waals surface area contributed by atoms with Crippen LogP contribution in [-0.2, 0) is 24.2 Å². The number of nitrogens with one attached hydrogen (secondary N) is 1. The number of hydrogen-bond acceptors (Lipinski definition) is 6. The first-order valence-corrected chi connectivity index (χ1v) is 10.6. The van der Waals surface area contributed by atoms with E-state index >= 15 is 0 Å². The number of carbonyl (C=O) groups is 1. The largest absolute Gasteiger partial charge is 0.484 e. The zero-order chi connectivity index (χ0) is 20.2. The molecular formula is C22H23N3O3S. The SMILES string of the molecule is Cc1cccc(OCc2nnc(S[C@H](C)C(=O)Nc3ccc4c(c3)CCC4)o2)c1. The Labute approximate surface area is 174 Å². The van der Waals surface area contributed by atoms with Crippen molar-refractivity contribution in [3.63, 3.8) is 0 Å². The Hall–Kier alpha value is -2.80. The highest BCUT2D eigenvalue weighted by Crippen LogP contribution is 2.27. The van der Waals surface area contributed by atoms with Crippen molar-refractivity contribution in [3.8, 4) is 5.75 Å². The number of rotatable bonds is 7. The quantitative estimate of drug-likeness (QED) is 0.576. The van der Waals surface area contributed by atoms with Crippen molar-refractivity contribution in [3.05, 3.63) is 65.0 Å². The van der Waals surface area contributed by atoms with Gasteiger partial charge in [0.25, 0.3) is 11.1 Å². The smallest absolute Gasteiger partial charge is 0.277 e. The van der Waals surface area contributed by atoms with Crippen LogP contribution in [0.5, 0.6) is 5.75 Å². The van der Waals surface area contributed by atoms with Gasteiger partial charge >= 0.3 is 0 Å². The number of nitrogens with zero attached hydrogens (tertiary/aromatic N) is 2. The Morgan fingerprint density at radius 3 is 2.93 bits per heavy atom. The third kappa shape index (κ3) is 4.98. The molecule has 1 heterocycles. The third-order valence-electron chi connectivity index (χ3n) is 4.81. The van der Waals surface area contributed by atoms with E-state index in [9.17, 15) is 4.79 Å². The lowest BCUT2D eigenvalue weighted by Crippen LogP contribution is -2.22. The number of amides is 1. The summed E-state index contributed by atoms with van der Waals surface area (Å²) in [6.45, 7) is 4.01. The molecule has 29 heavy (non-hydrogen) atoms. The summed E-state index contributed by atoms with van der Waals surface area (Å²) >= 11 is 1.23. The zero-order valence-electron chi connectivity index (χ0n) is 16.5. The number of aromatic nitrogens is 2. The van der Waals surface area contributed by atoms with Gasteiger partial charge in [0.1, 0.15) is 5.75 Å². The lowest BCUT2D eigenvalue weighted by Gasteiger charge is -2.11. The Kier molecular flexibility index (Phi) is 5.85. The maximum absolute atomic E-state index is 12.5. The van der Waals surface area contributed by atoms with E-state index in [0.29, 0.717) is 11.1 Å². The summed E-state index contributed by atoms with van der Waals surface area (Å²) in [4.78, 5) is 12.5. The minimum absolute atomic E-state index is 0.0938. The molecule has 1 aliphatic carbocycles. The second-order valence-electron chi connectivity index (χ2n) is 7.15. The topological polar surface area (TPSA) is 77.2 Å². The van der Waals surface area contributed by atoms with Gasteiger partial charge in [0, 0.05) is 5.69 Å². The lowest BCUT2D eigenvalue weighted by molar-refractivity contribution is -0.115. The monoisotopic (exact) mass is 409 g/mol. The minimum Gasteiger partial charge on any atom is -0.484 e. The summed E-state index contributed by atoms with van der Waals surface area (Å²) in [7, 11) is 0. The van der Waals surface area contributed by atoms with Gasteiger partial charge in [-0.25, -0.2) is 0 Å². The van der Waals surface area contributed by atoms with Gasteiger partial charge in [0.05, 0.1) is 5.25 Å². The highest BCUT2D eigenvalue weighted by molar-refractivity contribution is 8.00. The zero-order valence-corrected chi connectivity index (χ0v) is 17.3. The number of hydrogen-bond donors (Lipinski definition) is 1. The molecular weight excluding hydrogens is 386 g/mol. The molecule has 0 spiro atoms. The highest BCUT2D eigenvalue weighted by atomic mass is 32.2. The normalized spacial score (nSPS) is 13.7. The summed E-state index contributed by atoms with van der Waals surface area (Å²) in [6.07, 6.45) is 3.40. The van der Waals surface area contributed by atoms with Crippen LogP contribution in [0.15, 0.2) is 52.1 Å². The number of carbonyl (C=O) groups excluding carboxylic acids is 1. The van der Waals surface area contributed by atoms with E-state index in [2.05, 4.69) is 27.6 Å². The van der Waals surface area contributed by atoms with Gasteiger partial charge in [0.2, 0.25) is 5.91 Å². The molecule has 4 rings (SSSR count). The van der Waals surface area contributed by atoms with E-state index in [0.717, 1.165) is 29.8 Å². The van der Waals surface area contributed by atoms with Crippen LogP contribution in [0.3, 0.4) is 0 Å². The summed E-state index contributed by atoms with van der Waals surface area (Å²) in [5.41, 5.74) is 4.67. The number of anilines is 1. The molecule has 1 atom stereocenters. The molecule has 1 amide bonds. The number of aryl methyl sites for hydroxylation is 3. The molecule has 0 unspecified atom stereocenters. The molecule has 6 nitrogen and oxygen atoms in total. The van der Waals surface area contributed by atoms with Crippen LogP contribution < -0.4 is 10.1 Å². The Bertz CT molecular complexity index is 1020. The number of benzene rings is 2. The van der Waals surface area contributed by atoms with E-state index < -0.39 is 0 Å². The van der Waals surface area contributed by atoms with Crippen LogP contribution in [0, 0.1) is 6.92 Å². The molecule has 2 aromatic carbocycles. The minimum atomic E-state index is -0.366. The van der Waals surface area contributed by atoms with E-state index in [1.54, 1.807) is 0 Å². The Morgan fingerprint density at radius 1 is 1.21 bits per heavy atom. The van der Waals surface area contributed by atoms with Gasteiger partial charge in [-0.2, -0.15) is 0 Å². The summed E-state index contributed by atoms with van der Waals surface area (Å²) in [5.74, 6) is 1.03. The van der Waals surface area contributed by atoms with Crippen molar-refractivity contribution in [1.29, 1.82) is 0 Å². The standard InChI is InChI=1S/C22H23N3O3S/c1-14-5-3-8-19(11-14)27-13-20-24-25-22(28-20)29-15(2)21(26)23-18-10-9-16-6-4-7-17(16)12-18/h3,5,8-12,15H,4,6-7,13H2,1-2H3,(H,23,26)/t15-/m1/s1. The predicted molar refractivity (Wildman–Crippen MR) is 112 cm³/mol. The van der Waals surface area contributed by atoms with Crippen LogP contribution in [0.1, 0.15) is 35.9 Å². The van der Waals surface area contributed by atoms with E-state index in [4.69, 9.17) is 9.15 Å².